The van der Waals surface area contributed by atoms with Gasteiger partial charge in [0, 0.05) is 33.6 Å². The highest BCUT2D eigenvalue weighted by atomic mass is 16.8. The van der Waals surface area contributed by atoms with Crippen molar-refractivity contribution in [3.8, 4) is 0 Å². The van der Waals surface area contributed by atoms with Gasteiger partial charge in [0.2, 0.25) is 12.6 Å². The number of fused-ring (bicyclic) bond motifs is 1. The highest BCUT2D eigenvalue weighted by molar-refractivity contribution is 5.89. The van der Waals surface area contributed by atoms with Crippen molar-refractivity contribution in [1.29, 1.82) is 0 Å². The lowest BCUT2D eigenvalue weighted by atomic mass is 9.83. The zero-order valence-electron chi connectivity index (χ0n) is 22.1. The SMILES string of the molecule is COC(=O)C1=CO[C@@H](O[C@@H]2O[C@H](COC(C)=O)[C@@H](OC(C)=O)[C@H](OC(C)=O)[C@H]2OC(C)=O)[C@@H]2C(CO)=CC[C@H]12. The predicted octanol–water partition coefficient (Wildman–Crippen LogP) is 0.0541. The third kappa shape index (κ3) is 7.13. The quantitative estimate of drug-likeness (QED) is 0.229. The number of aliphatic hydroxyl groups excluding tert-OH is 1. The highest BCUT2D eigenvalue weighted by Gasteiger charge is 2.55. The normalized spacial score (nSPS) is 31.4. The Morgan fingerprint density at radius 1 is 0.897 bits per heavy atom. The maximum atomic E-state index is 12.3. The van der Waals surface area contributed by atoms with Gasteiger partial charge in [-0.15, -0.1) is 0 Å². The van der Waals surface area contributed by atoms with Crippen molar-refractivity contribution in [2.45, 2.75) is 71.1 Å². The molecule has 39 heavy (non-hydrogen) atoms. The molecule has 3 rings (SSSR count). The predicted molar refractivity (Wildman–Crippen MR) is 125 cm³/mol. The molecule has 1 aliphatic carbocycles. The zero-order chi connectivity index (χ0) is 28.9. The molecular formula is C25H32O14. The van der Waals surface area contributed by atoms with E-state index in [0.717, 1.165) is 27.7 Å². The second-order valence-electron chi connectivity index (χ2n) is 9.08. The first kappa shape index (κ1) is 30.1. The molecule has 8 atom stereocenters. The van der Waals surface area contributed by atoms with Crippen molar-refractivity contribution in [3.63, 3.8) is 0 Å². The maximum Gasteiger partial charge on any atom is 0.337 e. The van der Waals surface area contributed by atoms with Crippen LogP contribution in [0.4, 0.5) is 0 Å². The number of methoxy groups -OCH3 is 1. The Hall–Kier alpha value is -3.49. The summed E-state index contributed by atoms with van der Waals surface area (Å²) in [5, 5.41) is 9.94. The lowest BCUT2D eigenvalue weighted by Gasteiger charge is -2.45. The van der Waals surface area contributed by atoms with Crippen LogP contribution in [0.5, 0.6) is 0 Å². The monoisotopic (exact) mass is 556 g/mol. The topological polar surface area (TPSA) is 179 Å². The van der Waals surface area contributed by atoms with Gasteiger partial charge in [-0.1, -0.05) is 6.08 Å². The van der Waals surface area contributed by atoms with Gasteiger partial charge in [0.05, 0.1) is 31.5 Å². The second-order valence-corrected chi connectivity index (χ2v) is 9.08. The number of allylic oxidation sites excluding steroid dienone is 1. The van der Waals surface area contributed by atoms with Crippen LogP contribution in [0, 0.1) is 11.8 Å². The molecule has 2 aliphatic heterocycles. The molecule has 0 amide bonds. The van der Waals surface area contributed by atoms with Crippen LogP contribution in [0.1, 0.15) is 34.1 Å². The molecule has 1 fully saturated rings. The zero-order valence-corrected chi connectivity index (χ0v) is 22.1. The largest absolute Gasteiger partial charge is 0.471 e. The number of carbonyl (C=O) groups excluding carboxylic acids is 5. The maximum absolute atomic E-state index is 12.3. The van der Waals surface area contributed by atoms with E-state index in [4.69, 9.17) is 37.9 Å². The van der Waals surface area contributed by atoms with E-state index in [2.05, 4.69) is 0 Å². The third-order valence-corrected chi connectivity index (χ3v) is 6.34. The minimum atomic E-state index is -1.50. The summed E-state index contributed by atoms with van der Waals surface area (Å²) in [4.78, 5) is 59.8. The van der Waals surface area contributed by atoms with Crippen LogP contribution in [0.3, 0.4) is 0 Å². The molecule has 1 N–H and O–H groups in total. The van der Waals surface area contributed by atoms with Crippen LogP contribution < -0.4 is 0 Å². The van der Waals surface area contributed by atoms with Gasteiger partial charge >= 0.3 is 29.8 Å². The van der Waals surface area contributed by atoms with E-state index < -0.39 is 85.3 Å². The molecule has 0 aromatic carbocycles. The Balaban J connectivity index is 1.99. The standard InChI is InChI=1S/C25H32O14/c1-11(27)33-10-18-20(35-12(2)28)21(36-13(3)29)22(37-14(4)30)25(38-18)39-24-19-15(8-26)6-7-16(19)17(9-34-24)23(31)32-5/h6,9,16,18-22,24-26H,7-8,10H2,1-5H3/t16-,18-,19-,20-,21+,22-,24+,25+/m1/s1. The van der Waals surface area contributed by atoms with Gasteiger partial charge in [-0.25, -0.2) is 4.79 Å². The number of ether oxygens (including phenoxy) is 8. The number of esters is 5. The van der Waals surface area contributed by atoms with Crippen LogP contribution >= 0.6 is 0 Å². The summed E-state index contributed by atoms with van der Waals surface area (Å²) in [6.45, 7) is 3.71. The van der Waals surface area contributed by atoms with Gasteiger partial charge in [0.25, 0.3) is 0 Å². The molecule has 216 valence electrons. The molecule has 0 bridgehead atoms. The van der Waals surface area contributed by atoms with Crippen molar-refractivity contribution >= 4 is 29.8 Å². The first-order chi connectivity index (χ1) is 18.5. The molecule has 0 saturated carbocycles. The van der Waals surface area contributed by atoms with Crippen molar-refractivity contribution < 1.29 is 67.0 Å². The summed E-state index contributed by atoms with van der Waals surface area (Å²) < 4.78 is 43.9. The van der Waals surface area contributed by atoms with E-state index >= 15 is 0 Å². The van der Waals surface area contributed by atoms with Gasteiger partial charge in [0.1, 0.15) is 12.7 Å². The minimum Gasteiger partial charge on any atom is -0.471 e. The average Bonchev–Trinajstić information content (AvgIpc) is 3.30. The number of hydrogen-bond acceptors (Lipinski definition) is 14. The summed E-state index contributed by atoms with van der Waals surface area (Å²) in [5.74, 6) is -4.72. The Labute approximate surface area is 224 Å². The summed E-state index contributed by atoms with van der Waals surface area (Å²) in [7, 11) is 1.23. The molecule has 2 heterocycles. The molecule has 14 heteroatoms. The first-order valence-electron chi connectivity index (χ1n) is 12.2. The lowest BCUT2D eigenvalue weighted by molar-refractivity contribution is -0.342. The minimum absolute atomic E-state index is 0.239. The number of rotatable bonds is 9. The first-order valence-corrected chi connectivity index (χ1v) is 12.2. The molecule has 0 spiro atoms. The van der Waals surface area contributed by atoms with Crippen LogP contribution in [0.2, 0.25) is 0 Å². The van der Waals surface area contributed by atoms with Gasteiger partial charge < -0.3 is 43.0 Å². The Kier molecular flexibility index (Phi) is 10.1. The number of aliphatic hydroxyl groups is 1. The lowest BCUT2D eigenvalue weighted by Crippen LogP contribution is -2.63. The Morgan fingerprint density at radius 3 is 2.08 bits per heavy atom. The van der Waals surface area contributed by atoms with E-state index in [1.165, 1.54) is 13.4 Å². The second kappa shape index (κ2) is 13.0. The van der Waals surface area contributed by atoms with Crippen molar-refractivity contribution in [1.82, 2.24) is 0 Å². The summed E-state index contributed by atoms with van der Waals surface area (Å²) in [6, 6.07) is 0. The molecule has 0 radical (unpaired) electrons. The van der Waals surface area contributed by atoms with E-state index in [0.29, 0.717) is 12.0 Å². The third-order valence-electron chi connectivity index (χ3n) is 6.34. The van der Waals surface area contributed by atoms with Gasteiger partial charge in [-0.3, -0.25) is 19.2 Å². The fraction of sp³-hybridized carbons (Fsp3) is 0.640. The Morgan fingerprint density at radius 2 is 1.51 bits per heavy atom. The van der Waals surface area contributed by atoms with E-state index in [1.807, 2.05) is 0 Å². The van der Waals surface area contributed by atoms with Crippen LogP contribution in [0.25, 0.3) is 0 Å². The smallest absolute Gasteiger partial charge is 0.337 e. The van der Waals surface area contributed by atoms with Crippen LogP contribution in [0.15, 0.2) is 23.5 Å². The molecule has 0 aromatic rings. The Bertz CT molecular complexity index is 1030. The molecule has 0 unspecified atom stereocenters. The highest BCUT2D eigenvalue weighted by Crippen LogP contribution is 2.44. The fourth-order valence-electron chi connectivity index (χ4n) is 4.85. The van der Waals surface area contributed by atoms with Gasteiger partial charge in [-0.2, -0.15) is 0 Å². The van der Waals surface area contributed by atoms with Crippen molar-refractivity contribution in [3.05, 3.63) is 23.5 Å². The van der Waals surface area contributed by atoms with Crippen LogP contribution in [-0.2, 0) is 61.9 Å². The van der Waals surface area contributed by atoms with E-state index in [1.54, 1.807) is 6.08 Å². The fourth-order valence-corrected chi connectivity index (χ4v) is 4.85. The van der Waals surface area contributed by atoms with E-state index in [-0.39, 0.29) is 12.2 Å². The van der Waals surface area contributed by atoms with Gasteiger partial charge in [0.15, 0.2) is 18.3 Å². The summed E-state index contributed by atoms with van der Waals surface area (Å²) in [5.41, 5.74) is 0.772. The van der Waals surface area contributed by atoms with Gasteiger partial charge in [-0.05, 0) is 12.0 Å². The molecule has 0 aromatic heterocycles. The summed E-state index contributed by atoms with van der Waals surface area (Å²) >= 11 is 0. The molecule has 1 saturated heterocycles. The molecule has 3 aliphatic rings. The number of hydrogen-bond donors (Lipinski definition) is 1. The molecule has 14 nitrogen and oxygen atoms in total. The molecular weight excluding hydrogens is 524 g/mol. The summed E-state index contributed by atoms with van der Waals surface area (Å²) in [6.07, 6.45) is -4.76. The van der Waals surface area contributed by atoms with Crippen molar-refractivity contribution in [2.24, 2.45) is 11.8 Å². The van der Waals surface area contributed by atoms with E-state index in [9.17, 15) is 29.1 Å². The van der Waals surface area contributed by atoms with Crippen LogP contribution in [-0.4, -0.2) is 92.3 Å². The van der Waals surface area contributed by atoms with Crippen molar-refractivity contribution in [2.75, 3.05) is 20.3 Å². The average molecular weight is 557 g/mol. The number of carbonyl (C=O) groups is 5.